The second-order valence-electron chi connectivity index (χ2n) is 4.46. The Morgan fingerprint density at radius 2 is 2.53 bits per heavy atom. The predicted molar refractivity (Wildman–Crippen MR) is 63.3 cm³/mol. The molecule has 17 heavy (non-hydrogen) atoms. The molecule has 4 heteroatoms. The number of hydrogen-bond donors (Lipinski definition) is 0. The highest BCUT2D eigenvalue weighted by Gasteiger charge is 2.26. The topological polar surface area (TPSA) is 42.7 Å². The Morgan fingerprint density at radius 1 is 1.65 bits per heavy atom. The summed E-state index contributed by atoms with van der Waals surface area (Å²) < 4.78 is 10.1. The molecule has 0 aromatic carbocycles. The largest absolute Gasteiger partial charge is 0.472 e. The maximum Gasteiger partial charge on any atom is 0.310 e. The summed E-state index contributed by atoms with van der Waals surface area (Å²) in [4.78, 5) is 14.0. The van der Waals surface area contributed by atoms with Crippen LogP contribution in [0, 0.1) is 5.92 Å². The van der Waals surface area contributed by atoms with Gasteiger partial charge in [0, 0.05) is 18.7 Å². The molecule has 0 aliphatic carbocycles. The molecule has 0 bridgehead atoms. The average Bonchev–Trinajstić information content (AvgIpc) is 2.82. The normalized spacial score (nSPS) is 21.4. The van der Waals surface area contributed by atoms with Gasteiger partial charge in [0.2, 0.25) is 0 Å². The van der Waals surface area contributed by atoms with Crippen LogP contribution in [0.25, 0.3) is 0 Å². The number of carbonyl (C=O) groups is 1. The van der Waals surface area contributed by atoms with Gasteiger partial charge in [-0.2, -0.15) is 0 Å². The molecule has 0 spiro atoms. The first-order chi connectivity index (χ1) is 8.29. The molecule has 1 aliphatic rings. The number of hydrogen-bond acceptors (Lipinski definition) is 4. The Bertz CT molecular complexity index is 348. The van der Waals surface area contributed by atoms with Gasteiger partial charge in [0.05, 0.1) is 25.1 Å². The van der Waals surface area contributed by atoms with Gasteiger partial charge in [-0.25, -0.2) is 0 Å². The Hall–Kier alpha value is -1.29. The van der Waals surface area contributed by atoms with Gasteiger partial charge in [0.1, 0.15) is 0 Å². The van der Waals surface area contributed by atoms with Crippen molar-refractivity contribution in [3.05, 3.63) is 24.2 Å². The van der Waals surface area contributed by atoms with E-state index in [0.29, 0.717) is 6.61 Å². The molecule has 1 atom stereocenters. The van der Waals surface area contributed by atoms with Crippen LogP contribution in [0.2, 0.25) is 0 Å². The van der Waals surface area contributed by atoms with E-state index in [-0.39, 0.29) is 11.9 Å². The zero-order valence-electron chi connectivity index (χ0n) is 10.2. The molecule has 1 aromatic heterocycles. The molecule has 1 aromatic rings. The third-order valence-corrected chi connectivity index (χ3v) is 3.11. The summed E-state index contributed by atoms with van der Waals surface area (Å²) in [6.45, 7) is 5.01. The van der Waals surface area contributed by atoms with Crippen molar-refractivity contribution in [2.75, 3.05) is 19.7 Å². The molecule has 2 rings (SSSR count). The third-order valence-electron chi connectivity index (χ3n) is 3.11. The molecular weight excluding hydrogens is 218 g/mol. The Morgan fingerprint density at radius 3 is 3.24 bits per heavy atom. The van der Waals surface area contributed by atoms with Crippen LogP contribution in [0.5, 0.6) is 0 Å². The number of furan rings is 1. The minimum Gasteiger partial charge on any atom is -0.472 e. The van der Waals surface area contributed by atoms with Gasteiger partial charge >= 0.3 is 5.97 Å². The predicted octanol–water partition coefficient (Wildman–Crippen LogP) is 2.05. The molecule has 1 aliphatic heterocycles. The quantitative estimate of drug-likeness (QED) is 0.752. The van der Waals surface area contributed by atoms with E-state index in [1.807, 2.05) is 13.0 Å². The van der Waals surface area contributed by atoms with Crippen LogP contribution >= 0.6 is 0 Å². The van der Waals surface area contributed by atoms with E-state index in [2.05, 4.69) is 4.90 Å². The lowest BCUT2D eigenvalue weighted by Crippen LogP contribution is -2.38. The van der Waals surface area contributed by atoms with Crippen molar-refractivity contribution in [1.29, 1.82) is 0 Å². The van der Waals surface area contributed by atoms with Gasteiger partial charge in [-0.15, -0.1) is 0 Å². The van der Waals surface area contributed by atoms with Crippen molar-refractivity contribution >= 4 is 5.97 Å². The Balaban J connectivity index is 1.86. The van der Waals surface area contributed by atoms with E-state index in [9.17, 15) is 4.79 Å². The van der Waals surface area contributed by atoms with Crippen LogP contribution < -0.4 is 0 Å². The Labute approximate surface area is 102 Å². The highest BCUT2D eigenvalue weighted by molar-refractivity contribution is 5.72. The molecule has 0 saturated carbocycles. The molecule has 94 valence electrons. The minimum absolute atomic E-state index is 0.0376. The fourth-order valence-corrected chi connectivity index (χ4v) is 2.29. The molecule has 2 heterocycles. The van der Waals surface area contributed by atoms with E-state index >= 15 is 0 Å². The molecule has 0 N–H and O–H groups in total. The van der Waals surface area contributed by atoms with Gasteiger partial charge in [-0.1, -0.05) is 0 Å². The maximum atomic E-state index is 11.7. The molecule has 1 saturated heterocycles. The molecule has 1 fully saturated rings. The van der Waals surface area contributed by atoms with Crippen LogP contribution in [0.3, 0.4) is 0 Å². The summed E-state index contributed by atoms with van der Waals surface area (Å²) in [6, 6.07) is 1.97. The fourth-order valence-electron chi connectivity index (χ4n) is 2.29. The number of esters is 1. The van der Waals surface area contributed by atoms with E-state index in [1.54, 1.807) is 12.5 Å². The summed E-state index contributed by atoms with van der Waals surface area (Å²) >= 11 is 0. The lowest BCUT2D eigenvalue weighted by molar-refractivity contribution is -0.150. The van der Waals surface area contributed by atoms with Gasteiger partial charge in [0.15, 0.2) is 0 Å². The summed E-state index contributed by atoms with van der Waals surface area (Å²) in [5.41, 5.74) is 1.16. The standard InChI is InChI=1S/C13H19NO3/c1-2-17-13(15)12-4-3-6-14(9-12)8-11-5-7-16-10-11/h5,7,10,12H,2-4,6,8-9H2,1H3/t12-/m1/s1. The molecular formula is C13H19NO3. The van der Waals surface area contributed by atoms with E-state index in [1.165, 1.54) is 0 Å². The van der Waals surface area contributed by atoms with Crippen LogP contribution in [-0.4, -0.2) is 30.6 Å². The molecule has 4 nitrogen and oxygen atoms in total. The van der Waals surface area contributed by atoms with Gasteiger partial charge in [-0.05, 0) is 32.4 Å². The van der Waals surface area contributed by atoms with Crippen LogP contribution in [-0.2, 0) is 16.1 Å². The number of carbonyl (C=O) groups excluding carboxylic acids is 1. The van der Waals surface area contributed by atoms with Gasteiger partial charge in [-0.3, -0.25) is 9.69 Å². The lowest BCUT2D eigenvalue weighted by Gasteiger charge is -2.31. The van der Waals surface area contributed by atoms with E-state index < -0.39 is 0 Å². The van der Waals surface area contributed by atoms with Crippen molar-refractivity contribution in [3.63, 3.8) is 0 Å². The second kappa shape index (κ2) is 5.87. The maximum absolute atomic E-state index is 11.7. The number of piperidine rings is 1. The number of likely N-dealkylation sites (tertiary alicyclic amines) is 1. The van der Waals surface area contributed by atoms with Crippen molar-refractivity contribution in [3.8, 4) is 0 Å². The average molecular weight is 237 g/mol. The zero-order valence-corrected chi connectivity index (χ0v) is 10.2. The summed E-state index contributed by atoms with van der Waals surface area (Å²) in [6.07, 6.45) is 5.44. The first-order valence-electron chi connectivity index (χ1n) is 6.19. The van der Waals surface area contributed by atoms with E-state index in [4.69, 9.17) is 9.15 Å². The first-order valence-corrected chi connectivity index (χ1v) is 6.19. The summed E-state index contributed by atoms with van der Waals surface area (Å²) in [5, 5.41) is 0. The second-order valence-corrected chi connectivity index (χ2v) is 4.46. The van der Waals surface area contributed by atoms with Crippen molar-refractivity contribution in [1.82, 2.24) is 4.90 Å². The highest BCUT2D eigenvalue weighted by Crippen LogP contribution is 2.19. The number of nitrogens with zero attached hydrogens (tertiary/aromatic N) is 1. The smallest absolute Gasteiger partial charge is 0.310 e. The summed E-state index contributed by atoms with van der Waals surface area (Å²) in [5.74, 6) is -0.0139. The molecule has 0 amide bonds. The van der Waals surface area contributed by atoms with Crippen LogP contribution in [0.4, 0.5) is 0 Å². The lowest BCUT2D eigenvalue weighted by atomic mass is 9.98. The van der Waals surface area contributed by atoms with Gasteiger partial charge < -0.3 is 9.15 Å². The van der Waals surface area contributed by atoms with Crippen molar-refractivity contribution < 1.29 is 13.9 Å². The fraction of sp³-hybridized carbons (Fsp3) is 0.615. The first kappa shape index (κ1) is 12.2. The highest BCUT2D eigenvalue weighted by atomic mass is 16.5. The SMILES string of the molecule is CCOC(=O)[C@@H]1CCCN(Cc2ccoc2)C1. The Kier molecular flexibility index (Phi) is 4.20. The number of rotatable bonds is 4. The van der Waals surface area contributed by atoms with Gasteiger partial charge in [0.25, 0.3) is 0 Å². The van der Waals surface area contributed by atoms with E-state index in [0.717, 1.165) is 38.0 Å². The number of ether oxygens (including phenoxy) is 1. The van der Waals surface area contributed by atoms with Crippen molar-refractivity contribution in [2.24, 2.45) is 5.92 Å². The molecule has 0 radical (unpaired) electrons. The molecule has 0 unspecified atom stereocenters. The monoisotopic (exact) mass is 237 g/mol. The minimum atomic E-state index is -0.0515. The van der Waals surface area contributed by atoms with Crippen LogP contribution in [0.15, 0.2) is 23.0 Å². The van der Waals surface area contributed by atoms with Crippen molar-refractivity contribution in [2.45, 2.75) is 26.3 Å². The zero-order chi connectivity index (χ0) is 12.1. The summed E-state index contributed by atoms with van der Waals surface area (Å²) in [7, 11) is 0. The van der Waals surface area contributed by atoms with Crippen LogP contribution in [0.1, 0.15) is 25.3 Å². The third kappa shape index (κ3) is 3.33.